The Morgan fingerprint density at radius 1 is 1.35 bits per heavy atom. The first kappa shape index (κ1) is 13.6. The fraction of sp³-hybridized carbons (Fsp3) is 0.200. The highest BCUT2D eigenvalue weighted by atomic mass is 16.6. The van der Waals surface area contributed by atoms with Crippen molar-refractivity contribution < 1.29 is 9.72 Å². The van der Waals surface area contributed by atoms with Crippen molar-refractivity contribution in [1.29, 1.82) is 0 Å². The number of aromatic nitrogens is 1. The summed E-state index contributed by atoms with van der Waals surface area (Å²) >= 11 is 0. The van der Waals surface area contributed by atoms with Gasteiger partial charge in [-0.15, -0.1) is 0 Å². The first-order valence-corrected chi connectivity index (χ1v) is 7.16. The van der Waals surface area contributed by atoms with Gasteiger partial charge in [-0.05, 0) is 6.07 Å². The predicted octanol–water partition coefficient (Wildman–Crippen LogP) is 1.64. The Kier molecular flexibility index (Phi) is 2.82. The molecule has 8 nitrogen and oxygen atoms in total. The average Bonchev–Trinajstić information content (AvgIpc) is 3.02. The molecular weight excluding hydrogens is 298 g/mol. The lowest BCUT2D eigenvalue weighted by molar-refractivity contribution is -0.385. The van der Waals surface area contributed by atoms with E-state index >= 15 is 0 Å². The van der Waals surface area contributed by atoms with Gasteiger partial charge in [0, 0.05) is 48.7 Å². The molecule has 2 amide bonds. The number of nitro groups is 1. The van der Waals surface area contributed by atoms with Crippen molar-refractivity contribution in [1.82, 2.24) is 15.2 Å². The van der Waals surface area contributed by atoms with E-state index in [2.05, 4.69) is 15.6 Å². The highest BCUT2D eigenvalue weighted by Gasteiger charge is 2.51. The number of nitrogens with one attached hydrogen (secondary N) is 2. The molecule has 0 spiro atoms. The van der Waals surface area contributed by atoms with E-state index in [1.807, 2.05) is 0 Å². The molecule has 1 atom stereocenters. The van der Waals surface area contributed by atoms with E-state index in [0.29, 0.717) is 24.3 Å². The van der Waals surface area contributed by atoms with E-state index in [1.165, 1.54) is 12.1 Å². The molecule has 8 heteroatoms. The summed E-state index contributed by atoms with van der Waals surface area (Å²) < 4.78 is 0. The molecule has 2 N–H and O–H groups in total. The fourth-order valence-electron chi connectivity index (χ4n) is 3.34. The van der Waals surface area contributed by atoms with Gasteiger partial charge < -0.3 is 5.32 Å². The van der Waals surface area contributed by atoms with Crippen LogP contribution >= 0.6 is 0 Å². The summed E-state index contributed by atoms with van der Waals surface area (Å²) in [7, 11) is 0. The van der Waals surface area contributed by atoms with Crippen LogP contribution in [0.5, 0.6) is 0 Å². The Morgan fingerprint density at radius 3 is 3.04 bits per heavy atom. The molecule has 2 aliphatic rings. The third-order valence-corrected chi connectivity index (χ3v) is 4.29. The van der Waals surface area contributed by atoms with E-state index < -0.39 is 10.6 Å². The van der Waals surface area contributed by atoms with Gasteiger partial charge in [-0.3, -0.25) is 25.3 Å². The number of fused-ring (bicyclic) bond motifs is 3. The van der Waals surface area contributed by atoms with Gasteiger partial charge in [-0.1, -0.05) is 12.1 Å². The van der Waals surface area contributed by atoms with E-state index in [9.17, 15) is 14.9 Å². The van der Waals surface area contributed by atoms with E-state index in [1.54, 1.807) is 35.5 Å². The third-order valence-electron chi connectivity index (χ3n) is 4.29. The van der Waals surface area contributed by atoms with Crippen LogP contribution < -0.4 is 10.6 Å². The van der Waals surface area contributed by atoms with Gasteiger partial charge in [0.05, 0.1) is 10.6 Å². The van der Waals surface area contributed by atoms with Crippen molar-refractivity contribution >= 4 is 17.4 Å². The molecule has 0 aliphatic carbocycles. The molecule has 4 rings (SSSR count). The topological polar surface area (TPSA) is 100 Å². The number of nitrogens with zero attached hydrogens (tertiary/aromatic N) is 3. The maximum atomic E-state index is 12.5. The molecule has 1 unspecified atom stereocenters. The number of rotatable bonds is 2. The Hall–Kier alpha value is -3.00. The van der Waals surface area contributed by atoms with Crippen molar-refractivity contribution in [2.45, 2.75) is 5.66 Å². The number of hydrogen-bond acceptors (Lipinski definition) is 5. The molecule has 0 bridgehead atoms. The molecule has 0 saturated carbocycles. The van der Waals surface area contributed by atoms with Gasteiger partial charge in [-0.2, -0.15) is 0 Å². The number of hydrogen-bond donors (Lipinski definition) is 2. The molecule has 2 aliphatic heterocycles. The molecule has 1 fully saturated rings. The zero-order chi connectivity index (χ0) is 16.0. The Labute approximate surface area is 131 Å². The molecule has 1 aromatic heterocycles. The second kappa shape index (κ2) is 4.75. The number of urea groups is 1. The van der Waals surface area contributed by atoms with Crippen LogP contribution in [0, 0.1) is 10.1 Å². The molecule has 1 aromatic carbocycles. The summed E-state index contributed by atoms with van der Waals surface area (Å²) in [6, 6.07) is 7.84. The van der Waals surface area contributed by atoms with Crippen LogP contribution in [-0.2, 0) is 5.66 Å². The molecule has 1 saturated heterocycles. The number of benzene rings is 1. The quantitative estimate of drug-likeness (QED) is 0.648. The average molecular weight is 311 g/mol. The lowest BCUT2D eigenvalue weighted by Crippen LogP contribution is -2.56. The maximum Gasteiger partial charge on any atom is 0.323 e. The first-order valence-electron chi connectivity index (χ1n) is 7.16. The number of pyridine rings is 1. The summed E-state index contributed by atoms with van der Waals surface area (Å²) in [6.07, 6.45) is 3.28. The summed E-state index contributed by atoms with van der Waals surface area (Å²) in [5.41, 5.74) is 1.13. The van der Waals surface area contributed by atoms with Crippen LogP contribution in [0.2, 0.25) is 0 Å². The van der Waals surface area contributed by atoms with Crippen LogP contribution in [0.4, 0.5) is 16.2 Å². The molecule has 3 heterocycles. The van der Waals surface area contributed by atoms with Crippen LogP contribution in [0.15, 0.2) is 42.7 Å². The molecule has 23 heavy (non-hydrogen) atoms. The maximum absolute atomic E-state index is 12.5. The van der Waals surface area contributed by atoms with Gasteiger partial charge in [0.2, 0.25) is 0 Å². The number of nitro benzene ring substituents is 1. The van der Waals surface area contributed by atoms with E-state index in [0.717, 1.165) is 5.56 Å². The lowest BCUT2D eigenvalue weighted by Gasteiger charge is -2.43. The molecule has 0 radical (unpaired) electrons. The minimum Gasteiger partial charge on any atom is -0.307 e. The van der Waals surface area contributed by atoms with E-state index in [-0.39, 0.29) is 11.7 Å². The monoisotopic (exact) mass is 311 g/mol. The minimum atomic E-state index is -0.933. The Bertz CT molecular complexity index is 824. The number of carbonyl (C=O) groups is 1. The number of non-ortho nitro benzene ring substituents is 1. The first-order chi connectivity index (χ1) is 11.1. The highest BCUT2D eigenvalue weighted by Crippen LogP contribution is 2.43. The highest BCUT2D eigenvalue weighted by molar-refractivity contribution is 5.94. The van der Waals surface area contributed by atoms with Gasteiger partial charge in [-0.25, -0.2) is 4.79 Å². The molecule has 116 valence electrons. The van der Waals surface area contributed by atoms with Gasteiger partial charge in [0.15, 0.2) is 5.66 Å². The SMILES string of the molecule is O=C1Nc2ccncc2C2(c3cccc([N+](=O)[O-])c3)NCCN12. The summed E-state index contributed by atoms with van der Waals surface area (Å²) in [6.45, 7) is 1.09. The van der Waals surface area contributed by atoms with Crippen molar-refractivity contribution in [2.75, 3.05) is 18.4 Å². The molecular formula is C15H13N5O3. The van der Waals surface area contributed by atoms with Crippen LogP contribution in [0.25, 0.3) is 0 Å². The summed E-state index contributed by atoms with van der Waals surface area (Å²) in [5.74, 6) is 0. The van der Waals surface area contributed by atoms with Crippen molar-refractivity contribution in [3.05, 3.63) is 64.0 Å². The minimum absolute atomic E-state index is 0.0121. The van der Waals surface area contributed by atoms with Crippen molar-refractivity contribution in [3.63, 3.8) is 0 Å². The summed E-state index contributed by atoms with van der Waals surface area (Å²) in [4.78, 5) is 28.9. The number of amides is 2. The van der Waals surface area contributed by atoms with Gasteiger partial charge in [0.1, 0.15) is 0 Å². The zero-order valence-corrected chi connectivity index (χ0v) is 12.0. The summed E-state index contributed by atoms with van der Waals surface area (Å²) in [5, 5.41) is 17.3. The van der Waals surface area contributed by atoms with Crippen LogP contribution in [0.3, 0.4) is 0 Å². The lowest BCUT2D eigenvalue weighted by atomic mass is 9.88. The Morgan fingerprint density at radius 2 is 2.22 bits per heavy atom. The smallest absolute Gasteiger partial charge is 0.307 e. The van der Waals surface area contributed by atoms with Crippen molar-refractivity contribution in [2.24, 2.45) is 0 Å². The zero-order valence-electron chi connectivity index (χ0n) is 12.0. The number of carbonyl (C=O) groups excluding carboxylic acids is 1. The third kappa shape index (κ3) is 1.82. The van der Waals surface area contributed by atoms with Crippen LogP contribution in [0.1, 0.15) is 11.1 Å². The van der Waals surface area contributed by atoms with Crippen LogP contribution in [-0.4, -0.2) is 33.9 Å². The standard InChI is InChI=1S/C15H13N5O3/c21-14-18-13-4-5-16-9-12(13)15(17-6-7-19(14)15)10-2-1-3-11(8-10)20(22)23/h1-5,8-9,17H,6-7H2,(H,18,21). The van der Waals surface area contributed by atoms with Gasteiger partial charge in [0.25, 0.3) is 5.69 Å². The normalized spacial score (nSPS) is 22.3. The second-order valence-electron chi connectivity index (χ2n) is 5.45. The molecule has 2 aromatic rings. The fourth-order valence-corrected chi connectivity index (χ4v) is 3.34. The Balaban J connectivity index is 1.98. The van der Waals surface area contributed by atoms with Gasteiger partial charge >= 0.3 is 6.03 Å². The largest absolute Gasteiger partial charge is 0.323 e. The second-order valence-corrected chi connectivity index (χ2v) is 5.45. The van der Waals surface area contributed by atoms with E-state index in [4.69, 9.17) is 0 Å². The van der Waals surface area contributed by atoms with Crippen molar-refractivity contribution in [3.8, 4) is 0 Å². The number of anilines is 1. The predicted molar refractivity (Wildman–Crippen MR) is 81.8 cm³/mol.